The molecule has 0 unspecified atom stereocenters. The van der Waals surface area contributed by atoms with Crippen molar-refractivity contribution in [1.29, 1.82) is 0 Å². The van der Waals surface area contributed by atoms with Crippen molar-refractivity contribution in [2.24, 2.45) is 0 Å². The summed E-state index contributed by atoms with van der Waals surface area (Å²) in [5, 5.41) is 2.36. The number of nitrogens with zero attached hydrogens (tertiary/aromatic N) is 1. The van der Waals surface area contributed by atoms with E-state index in [0.717, 1.165) is 6.54 Å². The highest BCUT2D eigenvalue weighted by atomic mass is 16.1. The van der Waals surface area contributed by atoms with E-state index in [4.69, 9.17) is 0 Å². The highest BCUT2D eigenvalue weighted by Gasteiger charge is 1.78. The molecule has 0 heterocycles. The van der Waals surface area contributed by atoms with Crippen LogP contribution in [0.15, 0.2) is 12.7 Å². The number of rotatable bonds is 2. The van der Waals surface area contributed by atoms with E-state index < -0.39 is 0 Å². The molecule has 0 spiro atoms. The maximum Gasteiger partial charge on any atom is 0.243 e. The minimum absolute atomic E-state index is 0.144. The van der Waals surface area contributed by atoms with Crippen LogP contribution in [0, 0.1) is 0 Å². The first-order valence-electron chi connectivity index (χ1n) is 3.57. The number of hydrogen-bond acceptors (Lipinski definition) is 2. The standard InChI is InChI=1S/C4H7NO.C4H11N/c1-3-4(6)5-2;1-4-5(2)3/h3H,1H2,2H3,(H,5,6);4H2,1-3H3. The Hall–Kier alpha value is -0.830. The lowest BCUT2D eigenvalue weighted by atomic mass is 10.6. The van der Waals surface area contributed by atoms with Crippen LogP contribution in [-0.2, 0) is 4.79 Å². The average molecular weight is 158 g/mol. The van der Waals surface area contributed by atoms with Gasteiger partial charge in [0.15, 0.2) is 0 Å². The molecule has 0 fully saturated rings. The Bertz CT molecular complexity index is 111. The van der Waals surface area contributed by atoms with Crippen molar-refractivity contribution >= 4 is 5.91 Å². The summed E-state index contributed by atoms with van der Waals surface area (Å²) in [6.45, 7) is 6.48. The van der Waals surface area contributed by atoms with Gasteiger partial charge in [-0.15, -0.1) is 0 Å². The molecule has 0 radical (unpaired) electrons. The van der Waals surface area contributed by atoms with E-state index in [1.54, 1.807) is 7.05 Å². The van der Waals surface area contributed by atoms with Crippen LogP contribution in [0.2, 0.25) is 0 Å². The topological polar surface area (TPSA) is 32.3 Å². The molecule has 0 aromatic carbocycles. The predicted molar refractivity (Wildman–Crippen MR) is 48.5 cm³/mol. The van der Waals surface area contributed by atoms with Gasteiger partial charge in [-0.05, 0) is 26.7 Å². The van der Waals surface area contributed by atoms with Crippen molar-refractivity contribution in [3.63, 3.8) is 0 Å². The summed E-state index contributed by atoms with van der Waals surface area (Å²) in [5.41, 5.74) is 0. The second kappa shape index (κ2) is 9.17. The third kappa shape index (κ3) is 17.6. The van der Waals surface area contributed by atoms with E-state index in [-0.39, 0.29) is 5.91 Å². The molecule has 0 saturated carbocycles. The number of carbonyl (C=O) groups is 1. The molecule has 11 heavy (non-hydrogen) atoms. The number of nitrogens with one attached hydrogen (secondary N) is 1. The summed E-state index contributed by atoms with van der Waals surface area (Å²) in [6.07, 6.45) is 1.22. The molecule has 3 heteroatoms. The molecular weight excluding hydrogens is 140 g/mol. The normalized spacial score (nSPS) is 8.09. The largest absolute Gasteiger partial charge is 0.356 e. The fourth-order valence-corrected chi connectivity index (χ4v) is 0.102. The molecule has 0 rings (SSSR count). The maximum absolute atomic E-state index is 9.95. The highest BCUT2D eigenvalue weighted by molar-refractivity contribution is 5.86. The van der Waals surface area contributed by atoms with Gasteiger partial charge in [-0.3, -0.25) is 4.79 Å². The molecule has 0 aliphatic heterocycles. The van der Waals surface area contributed by atoms with E-state index in [1.807, 2.05) is 0 Å². The molecule has 0 aromatic rings. The van der Waals surface area contributed by atoms with Crippen LogP contribution in [0.25, 0.3) is 0 Å². The molecule has 0 saturated heterocycles. The molecule has 0 atom stereocenters. The van der Waals surface area contributed by atoms with Gasteiger partial charge in [0.1, 0.15) is 0 Å². The van der Waals surface area contributed by atoms with Gasteiger partial charge in [0.25, 0.3) is 0 Å². The maximum atomic E-state index is 9.95. The Morgan fingerprint density at radius 2 is 2.00 bits per heavy atom. The van der Waals surface area contributed by atoms with E-state index in [9.17, 15) is 4.79 Å². The van der Waals surface area contributed by atoms with Crippen LogP contribution in [0.5, 0.6) is 0 Å². The van der Waals surface area contributed by atoms with Crippen LogP contribution in [0.1, 0.15) is 6.92 Å². The SMILES string of the molecule is C=CC(=O)NC.CCN(C)C. The molecule has 0 bridgehead atoms. The van der Waals surface area contributed by atoms with Crippen molar-refractivity contribution in [2.75, 3.05) is 27.7 Å². The van der Waals surface area contributed by atoms with E-state index in [0.29, 0.717) is 0 Å². The lowest BCUT2D eigenvalue weighted by molar-refractivity contribution is -0.116. The van der Waals surface area contributed by atoms with Crippen molar-refractivity contribution < 1.29 is 4.79 Å². The van der Waals surface area contributed by atoms with Crippen molar-refractivity contribution in [3.05, 3.63) is 12.7 Å². The number of amides is 1. The van der Waals surface area contributed by atoms with Crippen molar-refractivity contribution in [2.45, 2.75) is 6.92 Å². The van der Waals surface area contributed by atoms with Gasteiger partial charge in [0, 0.05) is 7.05 Å². The lowest BCUT2D eigenvalue weighted by Crippen LogP contribution is -2.13. The van der Waals surface area contributed by atoms with Gasteiger partial charge in [-0.1, -0.05) is 13.5 Å². The van der Waals surface area contributed by atoms with Gasteiger partial charge in [-0.2, -0.15) is 0 Å². The smallest absolute Gasteiger partial charge is 0.243 e. The Kier molecular flexibility index (Phi) is 10.7. The summed E-state index contributed by atoms with van der Waals surface area (Å²) in [6, 6.07) is 0. The third-order valence-electron chi connectivity index (χ3n) is 1.06. The summed E-state index contributed by atoms with van der Waals surface area (Å²) < 4.78 is 0. The minimum atomic E-state index is -0.144. The minimum Gasteiger partial charge on any atom is -0.356 e. The second-order valence-corrected chi connectivity index (χ2v) is 2.21. The van der Waals surface area contributed by atoms with E-state index in [1.165, 1.54) is 6.08 Å². The molecule has 0 aromatic heterocycles. The second-order valence-electron chi connectivity index (χ2n) is 2.21. The van der Waals surface area contributed by atoms with Crippen LogP contribution < -0.4 is 5.32 Å². The van der Waals surface area contributed by atoms with Gasteiger partial charge in [-0.25, -0.2) is 0 Å². The summed E-state index contributed by atoms with van der Waals surface area (Å²) in [4.78, 5) is 12.1. The summed E-state index contributed by atoms with van der Waals surface area (Å²) >= 11 is 0. The first-order chi connectivity index (χ1) is 5.08. The predicted octanol–water partition coefficient (Wildman–Crippen LogP) is 0.486. The monoisotopic (exact) mass is 158 g/mol. The van der Waals surface area contributed by atoms with Crippen LogP contribution in [0.4, 0.5) is 0 Å². The Morgan fingerprint density at radius 3 is 2.00 bits per heavy atom. The van der Waals surface area contributed by atoms with Gasteiger partial charge >= 0.3 is 0 Å². The molecule has 66 valence electrons. The first kappa shape index (κ1) is 12.8. The fraction of sp³-hybridized carbons (Fsp3) is 0.625. The number of likely N-dealkylation sites (N-methyl/N-ethyl adjacent to an activating group) is 1. The highest BCUT2D eigenvalue weighted by Crippen LogP contribution is 1.63. The van der Waals surface area contributed by atoms with E-state index in [2.05, 4.69) is 37.8 Å². The number of hydrogen-bond donors (Lipinski definition) is 1. The Labute approximate surface area is 69.1 Å². The van der Waals surface area contributed by atoms with Crippen molar-refractivity contribution in [1.82, 2.24) is 10.2 Å². The molecule has 1 N–H and O–H groups in total. The van der Waals surface area contributed by atoms with E-state index >= 15 is 0 Å². The van der Waals surface area contributed by atoms with Crippen LogP contribution in [-0.4, -0.2) is 38.5 Å². The third-order valence-corrected chi connectivity index (χ3v) is 1.06. The fourth-order valence-electron chi connectivity index (χ4n) is 0.102. The molecule has 1 amide bonds. The van der Waals surface area contributed by atoms with Gasteiger partial charge in [0.2, 0.25) is 5.91 Å². The average Bonchev–Trinajstić information content (AvgIpc) is 2.04. The van der Waals surface area contributed by atoms with Crippen LogP contribution in [0.3, 0.4) is 0 Å². The van der Waals surface area contributed by atoms with Gasteiger partial charge in [0.05, 0.1) is 0 Å². The number of carbonyl (C=O) groups excluding carboxylic acids is 1. The Morgan fingerprint density at radius 1 is 1.64 bits per heavy atom. The van der Waals surface area contributed by atoms with Gasteiger partial charge < -0.3 is 10.2 Å². The molecule has 0 aliphatic rings. The Balaban J connectivity index is 0. The summed E-state index contributed by atoms with van der Waals surface area (Å²) in [7, 11) is 5.67. The zero-order valence-corrected chi connectivity index (χ0v) is 7.85. The zero-order valence-electron chi connectivity index (χ0n) is 7.85. The van der Waals surface area contributed by atoms with Crippen molar-refractivity contribution in [3.8, 4) is 0 Å². The summed E-state index contributed by atoms with van der Waals surface area (Å²) in [5.74, 6) is -0.144. The van der Waals surface area contributed by atoms with Crippen LogP contribution >= 0.6 is 0 Å². The molecular formula is C8H18N2O. The zero-order chi connectivity index (χ0) is 9.28. The molecule has 3 nitrogen and oxygen atoms in total. The first-order valence-corrected chi connectivity index (χ1v) is 3.57. The quantitative estimate of drug-likeness (QED) is 0.593. The lowest BCUT2D eigenvalue weighted by Gasteiger charge is -2.00. The molecule has 0 aliphatic carbocycles.